The van der Waals surface area contributed by atoms with Gasteiger partial charge >= 0.3 is 0 Å². The predicted octanol–water partition coefficient (Wildman–Crippen LogP) is 1.63. The number of carbonyl (C=O) groups excluding carboxylic acids is 1. The summed E-state index contributed by atoms with van der Waals surface area (Å²) in [5.41, 5.74) is 0.761. The van der Waals surface area contributed by atoms with Crippen molar-refractivity contribution in [3.63, 3.8) is 0 Å². The third-order valence-corrected chi connectivity index (χ3v) is 3.12. The summed E-state index contributed by atoms with van der Waals surface area (Å²) in [5, 5.41) is 3.93. The van der Waals surface area contributed by atoms with Crippen LogP contribution in [0.5, 0.6) is 0 Å². The lowest BCUT2D eigenvalue weighted by atomic mass is 10.1. The molecule has 0 fully saturated rings. The molecule has 0 aromatic heterocycles. The van der Waals surface area contributed by atoms with Gasteiger partial charge in [0.2, 0.25) is 10.0 Å². The summed E-state index contributed by atoms with van der Waals surface area (Å²) >= 11 is 0. The van der Waals surface area contributed by atoms with E-state index in [9.17, 15) is 18.1 Å². The van der Waals surface area contributed by atoms with Crippen molar-refractivity contribution in [3.8, 4) is 0 Å². The molecule has 20 heavy (non-hydrogen) atoms. The SMILES string of the molecule is CC(C)N(CC(=O)c1ccc(NS(C)(=O)=O)cc1)N=O. The van der Waals surface area contributed by atoms with E-state index in [-0.39, 0.29) is 18.4 Å². The smallest absolute Gasteiger partial charge is 0.229 e. The summed E-state index contributed by atoms with van der Waals surface area (Å²) in [6.45, 7) is 3.40. The molecule has 0 aliphatic rings. The fraction of sp³-hybridized carbons (Fsp3) is 0.417. The number of hydrogen-bond acceptors (Lipinski definition) is 5. The van der Waals surface area contributed by atoms with Gasteiger partial charge in [0.25, 0.3) is 0 Å². The van der Waals surface area contributed by atoms with Crippen LogP contribution < -0.4 is 4.72 Å². The maximum Gasteiger partial charge on any atom is 0.229 e. The summed E-state index contributed by atoms with van der Waals surface area (Å²) in [7, 11) is -3.34. The highest BCUT2D eigenvalue weighted by Gasteiger charge is 2.15. The van der Waals surface area contributed by atoms with Gasteiger partial charge in [0.05, 0.1) is 11.5 Å². The van der Waals surface area contributed by atoms with E-state index in [4.69, 9.17) is 0 Å². The van der Waals surface area contributed by atoms with Gasteiger partial charge in [-0.05, 0) is 38.1 Å². The van der Waals surface area contributed by atoms with E-state index in [2.05, 4.69) is 10.0 Å². The molecule has 0 aliphatic carbocycles. The van der Waals surface area contributed by atoms with Crippen molar-refractivity contribution in [2.24, 2.45) is 5.29 Å². The molecule has 8 heteroatoms. The zero-order valence-electron chi connectivity index (χ0n) is 11.5. The number of hydrogen-bond donors (Lipinski definition) is 1. The molecule has 0 amide bonds. The van der Waals surface area contributed by atoms with Gasteiger partial charge in [0.15, 0.2) is 5.78 Å². The molecule has 0 bridgehead atoms. The summed E-state index contributed by atoms with van der Waals surface area (Å²) in [4.78, 5) is 22.5. The lowest BCUT2D eigenvalue weighted by Gasteiger charge is -2.18. The maximum atomic E-state index is 11.9. The van der Waals surface area contributed by atoms with Crippen LogP contribution in [-0.2, 0) is 10.0 Å². The molecule has 0 heterocycles. The Balaban J connectivity index is 2.78. The first kappa shape index (κ1) is 16.1. The Kier molecular flexibility index (Phi) is 5.20. The highest BCUT2D eigenvalue weighted by atomic mass is 32.2. The molecule has 0 saturated carbocycles. The fourth-order valence-electron chi connectivity index (χ4n) is 1.48. The summed E-state index contributed by atoms with van der Waals surface area (Å²) in [6.07, 6.45) is 1.04. The van der Waals surface area contributed by atoms with Crippen LogP contribution in [0, 0.1) is 4.91 Å². The van der Waals surface area contributed by atoms with Crippen LogP contribution >= 0.6 is 0 Å². The van der Waals surface area contributed by atoms with Gasteiger partial charge in [-0.15, -0.1) is 4.91 Å². The maximum absolute atomic E-state index is 11.9. The molecular formula is C12H17N3O4S. The molecule has 110 valence electrons. The van der Waals surface area contributed by atoms with Crippen molar-refractivity contribution in [1.82, 2.24) is 5.01 Å². The number of ketones is 1. The third kappa shape index (κ3) is 4.96. The molecule has 1 rings (SSSR count). The predicted molar refractivity (Wildman–Crippen MR) is 76.9 cm³/mol. The quantitative estimate of drug-likeness (QED) is 0.469. The Morgan fingerprint density at radius 3 is 2.25 bits per heavy atom. The van der Waals surface area contributed by atoms with E-state index in [0.717, 1.165) is 11.3 Å². The van der Waals surface area contributed by atoms with Crippen LogP contribution in [0.2, 0.25) is 0 Å². The zero-order chi connectivity index (χ0) is 15.3. The van der Waals surface area contributed by atoms with Gasteiger partial charge in [0.1, 0.15) is 6.54 Å². The highest BCUT2D eigenvalue weighted by molar-refractivity contribution is 7.92. The molecule has 0 radical (unpaired) electrons. The molecule has 1 aromatic rings. The number of Topliss-reactive ketones (excluding diaryl/α,β-unsaturated/α-hetero) is 1. The van der Waals surface area contributed by atoms with Gasteiger partial charge in [-0.1, -0.05) is 0 Å². The second-order valence-electron chi connectivity index (χ2n) is 4.65. The van der Waals surface area contributed by atoms with Crippen molar-refractivity contribution < 1.29 is 13.2 Å². The van der Waals surface area contributed by atoms with Crippen LogP contribution in [0.15, 0.2) is 29.6 Å². The first-order chi connectivity index (χ1) is 9.23. The van der Waals surface area contributed by atoms with Crippen LogP contribution in [0.25, 0.3) is 0 Å². The minimum Gasteiger partial charge on any atom is -0.292 e. The number of sulfonamides is 1. The molecule has 0 atom stereocenters. The Morgan fingerprint density at radius 1 is 1.30 bits per heavy atom. The Bertz CT molecular complexity index is 581. The highest BCUT2D eigenvalue weighted by Crippen LogP contribution is 2.12. The largest absolute Gasteiger partial charge is 0.292 e. The normalized spacial score (nSPS) is 11.2. The van der Waals surface area contributed by atoms with E-state index in [1.165, 1.54) is 24.3 Å². The second kappa shape index (κ2) is 6.47. The first-order valence-electron chi connectivity index (χ1n) is 5.94. The van der Waals surface area contributed by atoms with Crippen LogP contribution in [0.1, 0.15) is 24.2 Å². The summed E-state index contributed by atoms with van der Waals surface area (Å²) in [6, 6.07) is 5.81. The van der Waals surface area contributed by atoms with E-state index < -0.39 is 10.0 Å². The minimum absolute atomic E-state index is 0.111. The molecule has 0 unspecified atom stereocenters. The number of nitrogens with zero attached hydrogens (tertiary/aromatic N) is 2. The number of benzene rings is 1. The van der Waals surface area contributed by atoms with Gasteiger partial charge in [-0.2, -0.15) is 0 Å². The van der Waals surface area contributed by atoms with E-state index in [1.807, 2.05) is 0 Å². The minimum atomic E-state index is -3.34. The Hall–Kier alpha value is -1.96. The van der Waals surface area contributed by atoms with Crippen molar-refractivity contribution in [3.05, 3.63) is 34.7 Å². The number of nitrogens with one attached hydrogen (secondary N) is 1. The third-order valence-electron chi connectivity index (χ3n) is 2.52. The van der Waals surface area contributed by atoms with Crippen molar-refractivity contribution in [1.29, 1.82) is 0 Å². The monoisotopic (exact) mass is 299 g/mol. The van der Waals surface area contributed by atoms with Gasteiger partial charge in [-0.3, -0.25) is 14.5 Å². The van der Waals surface area contributed by atoms with Crippen LogP contribution in [0.3, 0.4) is 0 Å². The molecule has 0 spiro atoms. The van der Waals surface area contributed by atoms with Gasteiger partial charge < -0.3 is 0 Å². The molecule has 0 aliphatic heterocycles. The van der Waals surface area contributed by atoms with Crippen molar-refractivity contribution in [2.75, 3.05) is 17.5 Å². The summed E-state index contributed by atoms with van der Waals surface area (Å²) < 4.78 is 24.4. The Labute approximate surface area is 118 Å². The van der Waals surface area contributed by atoms with Crippen LogP contribution in [0.4, 0.5) is 5.69 Å². The standard InChI is InChI=1S/C12H17N3O4S/c1-9(2)15(14-17)8-12(16)10-4-6-11(7-5-10)13-20(3,18)19/h4-7,9,13H,8H2,1-3H3. The number of anilines is 1. The zero-order valence-corrected chi connectivity index (χ0v) is 12.3. The van der Waals surface area contributed by atoms with Gasteiger partial charge in [-0.25, -0.2) is 8.42 Å². The summed E-state index contributed by atoms with van der Waals surface area (Å²) in [5.74, 6) is -0.260. The number of carbonyl (C=O) groups is 1. The van der Waals surface area contributed by atoms with E-state index in [0.29, 0.717) is 11.3 Å². The number of rotatable bonds is 7. The molecule has 7 nitrogen and oxygen atoms in total. The molecule has 0 saturated heterocycles. The van der Waals surface area contributed by atoms with E-state index >= 15 is 0 Å². The molecule has 1 aromatic carbocycles. The lowest BCUT2D eigenvalue weighted by molar-refractivity contribution is 0.0907. The average Bonchev–Trinajstić information content (AvgIpc) is 2.34. The number of nitroso groups, excluding NO2 is 1. The Morgan fingerprint density at radius 2 is 1.85 bits per heavy atom. The topological polar surface area (TPSA) is 95.9 Å². The average molecular weight is 299 g/mol. The van der Waals surface area contributed by atoms with Crippen LogP contribution in [-0.4, -0.2) is 38.1 Å². The fourth-order valence-corrected chi connectivity index (χ4v) is 2.05. The van der Waals surface area contributed by atoms with Gasteiger partial charge in [0, 0.05) is 17.3 Å². The molecular weight excluding hydrogens is 282 g/mol. The van der Waals surface area contributed by atoms with Crippen molar-refractivity contribution >= 4 is 21.5 Å². The first-order valence-corrected chi connectivity index (χ1v) is 7.83. The van der Waals surface area contributed by atoms with E-state index in [1.54, 1.807) is 13.8 Å². The second-order valence-corrected chi connectivity index (χ2v) is 6.40. The van der Waals surface area contributed by atoms with Crippen molar-refractivity contribution in [2.45, 2.75) is 19.9 Å². The lowest BCUT2D eigenvalue weighted by Crippen LogP contribution is -2.30. The molecule has 1 N–H and O–H groups in total.